The molecule has 0 unspecified atom stereocenters. The Morgan fingerprint density at radius 2 is 2.05 bits per heavy atom. The van der Waals surface area contributed by atoms with Crippen LogP contribution in [0.3, 0.4) is 0 Å². The van der Waals surface area contributed by atoms with Gasteiger partial charge in [0.05, 0.1) is 17.3 Å². The minimum atomic E-state index is -0.0942. The van der Waals surface area contributed by atoms with Gasteiger partial charge in [-0.1, -0.05) is 0 Å². The number of rotatable bonds is 3. The molecule has 1 aromatic carbocycles. The first-order chi connectivity index (χ1) is 10.1. The lowest BCUT2D eigenvalue weighted by molar-refractivity contribution is 0.0984. The molecule has 1 fully saturated rings. The molecular weight excluding hydrogens is 264 g/mol. The van der Waals surface area contributed by atoms with Crippen LogP contribution in [0, 0.1) is 11.3 Å². The fraction of sp³-hybridized carbons (Fsp3) is 0.250. The normalized spacial score (nSPS) is 13.7. The van der Waals surface area contributed by atoms with Crippen molar-refractivity contribution in [3.05, 3.63) is 47.8 Å². The van der Waals surface area contributed by atoms with Gasteiger partial charge in [-0.3, -0.25) is 4.79 Å². The molecule has 21 heavy (non-hydrogen) atoms. The maximum absolute atomic E-state index is 12.7. The number of nitriles is 1. The van der Waals surface area contributed by atoms with Gasteiger partial charge >= 0.3 is 0 Å². The molecule has 1 aliphatic carbocycles. The van der Waals surface area contributed by atoms with Crippen molar-refractivity contribution in [3.8, 4) is 6.07 Å². The molecule has 106 valence electrons. The van der Waals surface area contributed by atoms with Gasteiger partial charge in [-0.05, 0) is 43.2 Å². The SMILES string of the molecule is CN(C(=O)c1cc(N)cn1C1CC1)c1ccc(C#N)cc1. The number of amides is 1. The van der Waals surface area contributed by atoms with Crippen LogP contribution in [0.5, 0.6) is 0 Å². The smallest absolute Gasteiger partial charge is 0.274 e. The molecule has 2 aromatic rings. The van der Waals surface area contributed by atoms with Gasteiger partial charge in [0.2, 0.25) is 0 Å². The highest BCUT2D eigenvalue weighted by Crippen LogP contribution is 2.37. The molecule has 0 saturated heterocycles. The van der Waals surface area contributed by atoms with E-state index in [1.807, 2.05) is 10.8 Å². The van der Waals surface area contributed by atoms with Gasteiger partial charge < -0.3 is 15.2 Å². The van der Waals surface area contributed by atoms with Crippen LogP contribution in [0.2, 0.25) is 0 Å². The molecule has 0 bridgehead atoms. The molecule has 3 rings (SSSR count). The van der Waals surface area contributed by atoms with Gasteiger partial charge in [0, 0.05) is 25.0 Å². The standard InChI is InChI=1S/C16H16N4O/c1-19(13-4-2-11(9-17)3-5-13)16(21)15-8-12(18)10-20(15)14-6-7-14/h2-5,8,10,14H,6-7,18H2,1H3. The molecule has 5 nitrogen and oxygen atoms in total. The summed E-state index contributed by atoms with van der Waals surface area (Å²) < 4.78 is 1.97. The average molecular weight is 280 g/mol. The maximum Gasteiger partial charge on any atom is 0.274 e. The lowest BCUT2D eigenvalue weighted by Gasteiger charge is -2.18. The van der Waals surface area contributed by atoms with Crippen LogP contribution in [-0.2, 0) is 0 Å². The second-order valence-corrected chi connectivity index (χ2v) is 5.32. The average Bonchev–Trinajstić information content (AvgIpc) is 3.28. The molecular formula is C16H16N4O. The van der Waals surface area contributed by atoms with E-state index in [2.05, 4.69) is 6.07 Å². The highest BCUT2D eigenvalue weighted by atomic mass is 16.2. The van der Waals surface area contributed by atoms with Crippen molar-refractivity contribution in [2.24, 2.45) is 0 Å². The molecule has 0 radical (unpaired) electrons. The first-order valence-corrected chi connectivity index (χ1v) is 6.85. The predicted molar refractivity (Wildman–Crippen MR) is 81.0 cm³/mol. The van der Waals surface area contributed by atoms with E-state index >= 15 is 0 Å². The lowest BCUT2D eigenvalue weighted by Crippen LogP contribution is -2.28. The minimum Gasteiger partial charge on any atom is -0.397 e. The number of aromatic nitrogens is 1. The highest BCUT2D eigenvalue weighted by molar-refractivity contribution is 6.05. The van der Waals surface area contributed by atoms with Crippen LogP contribution < -0.4 is 10.6 Å². The zero-order chi connectivity index (χ0) is 15.0. The molecule has 1 heterocycles. The first kappa shape index (κ1) is 13.3. The summed E-state index contributed by atoms with van der Waals surface area (Å²) in [6, 6.07) is 11.1. The van der Waals surface area contributed by atoms with Crippen LogP contribution in [-0.4, -0.2) is 17.5 Å². The molecule has 2 N–H and O–H groups in total. The highest BCUT2D eigenvalue weighted by Gasteiger charge is 2.29. The predicted octanol–water partition coefficient (Wildman–Crippen LogP) is 2.55. The second-order valence-electron chi connectivity index (χ2n) is 5.32. The topological polar surface area (TPSA) is 75.0 Å². The van der Waals surface area contributed by atoms with Crippen molar-refractivity contribution < 1.29 is 4.79 Å². The van der Waals surface area contributed by atoms with Gasteiger partial charge in [-0.2, -0.15) is 5.26 Å². The van der Waals surface area contributed by atoms with Gasteiger partial charge in [-0.15, -0.1) is 0 Å². The van der Waals surface area contributed by atoms with E-state index in [0.29, 0.717) is 23.0 Å². The molecule has 5 heteroatoms. The number of nitrogens with two attached hydrogens (primary N) is 1. The van der Waals surface area contributed by atoms with Crippen molar-refractivity contribution in [1.29, 1.82) is 5.26 Å². The second kappa shape index (κ2) is 4.98. The van der Waals surface area contributed by atoms with Gasteiger partial charge in [0.1, 0.15) is 5.69 Å². The Morgan fingerprint density at radius 1 is 1.38 bits per heavy atom. The number of hydrogen-bond donors (Lipinski definition) is 1. The Labute approximate surface area is 123 Å². The van der Waals surface area contributed by atoms with Crippen LogP contribution >= 0.6 is 0 Å². The van der Waals surface area contributed by atoms with Crippen molar-refractivity contribution in [2.75, 3.05) is 17.7 Å². The number of anilines is 2. The molecule has 1 amide bonds. The van der Waals surface area contributed by atoms with Gasteiger partial charge in [0.15, 0.2) is 0 Å². The molecule has 1 saturated carbocycles. The Hall–Kier alpha value is -2.74. The zero-order valence-corrected chi connectivity index (χ0v) is 11.8. The van der Waals surface area contributed by atoms with Crippen molar-refractivity contribution >= 4 is 17.3 Å². The van der Waals surface area contributed by atoms with E-state index in [-0.39, 0.29) is 5.91 Å². The summed E-state index contributed by atoms with van der Waals surface area (Å²) in [5.74, 6) is -0.0942. The van der Waals surface area contributed by atoms with Crippen molar-refractivity contribution in [1.82, 2.24) is 4.57 Å². The van der Waals surface area contributed by atoms with Gasteiger partial charge in [0.25, 0.3) is 5.91 Å². The summed E-state index contributed by atoms with van der Waals surface area (Å²) in [6.45, 7) is 0. The lowest BCUT2D eigenvalue weighted by atomic mass is 10.2. The molecule has 1 aromatic heterocycles. The fourth-order valence-electron chi connectivity index (χ4n) is 2.38. The van der Waals surface area contributed by atoms with E-state index in [1.165, 1.54) is 0 Å². The molecule has 0 atom stereocenters. The number of benzene rings is 1. The largest absolute Gasteiger partial charge is 0.397 e. The number of carbonyl (C=O) groups is 1. The minimum absolute atomic E-state index is 0.0942. The number of nitrogen functional groups attached to an aromatic ring is 1. The van der Waals surface area contributed by atoms with Crippen molar-refractivity contribution in [3.63, 3.8) is 0 Å². The van der Waals surface area contributed by atoms with E-state index in [0.717, 1.165) is 18.5 Å². The first-order valence-electron chi connectivity index (χ1n) is 6.85. The molecule has 1 aliphatic rings. The third-order valence-corrected chi connectivity index (χ3v) is 3.72. The van der Waals surface area contributed by atoms with E-state index in [1.54, 1.807) is 42.3 Å². The molecule has 0 spiro atoms. The summed E-state index contributed by atoms with van der Waals surface area (Å²) in [5.41, 5.74) is 8.38. The van der Waals surface area contributed by atoms with E-state index in [9.17, 15) is 4.79 Å². The summed E-state index contributed by atoms with van der Waals surface area (Å²) in [4.78, 5) is 14.2. The van der Waals surface area contributed by atoms with Crippen LogP contribution in [0.1, 0.15) is 34.9 Å². The Kier molecular flexibility index (Phi) is 3.15. The van der Waals surface area contributed by atoms with E-state index in [4.69, 9.17) is 11.0 Å². The third-order valence-electron chi connectivity index (χ3n) is 3.72. The Morgan fingerprint density at radius 3 is 2.62 bits per heavy atom. The number of nitrogens with zero attached hydrogens (tertiary/aromatic N) is 3. The van der Waals surface area contributed by atoms with Gasteiger partial charge in [-0.25, -0.2) is 0 Å². The summed E-state index contributed by atoms with van der Waals surface area (Å²) in [5, 5.41) is 8.81. The number of carbonyl (C=O) groups excluding carboxylic acids is 1. The van der Waals surface area contributed by atoms with Crippen LogP contribution in [0.15, 0.2) is 36.5 Å². The number of hydrogen-bond acceptors (Lipinski definition) is 3. The quantitative estimate of drug-likeness (QED) is 0.938. The van der Waals surface area contributed by atoms with Crippen LogP contribution in [0.25, 0.3) is 0 Å². The zero-order valence-electron chi connectivity index (χ0n) is 11.8. The summed E-state index contributed by atoms with van der Waals surface area (Å²) >= 11 is 0. The molecule has 0 aliphatic heterocycles. The third kappa shape index (κ3) is 2.48. The Bertz CT molecular complexity index is 720. The summed E-state index contributed by atoms with van der Waals surface area (Å²) in [6.07, 6.45) is 4.02. The Balaban J connectivity index is 1.88. The van der Waals surface area contributed by atoms with Crippen molar-refractivity contribution in [2.45, 2.75) is 18.9 Å². The maximum atomic E-state index is 12.7. The van der Waals surface area contributed by atoms with Crippen LogP contribution in [0.4, 0.5) is 11.4 Å². The fourth-order valence-corrected chi connectivity index (χ4v) is 2.38. The summed E-state index contributed by atoms with van der Waals surface area (Å²) in [7, 11) is 1.73. The van der Waals surface area contributed by atoms with E-state index < -0.39 is 0 Å². The monoisotopic (exact) mass is 280 g/mol.